The molecule has 0 radical (unpaired) electrons. The molecule has 6 heteroatoms. The first-order valence-electron chi connectivity index (χ1n) is 9.68. The Hall–Kier alpha value is -1.98. The zero-order chi connectivity index (χ0) is 18.8. The summed E-state index contributed by atoms with van der Waals surface area (Å²) in [6.45, 7) is 6.63. The first-order valence-corrected chi connectivity index (χ1v) is 10.1. The van der Waals surface area contributed by atoms with E-state index in [0.717, 1.165) is 48.7 Å². The normalized spacial score (nSPS) is 17.5. The molecule has 0 aliphatic carbocycles. The van der Waals surface area contributed by atoms with E-state index in [2.05, 4.69) is 11.8 Å². The van der Waals surface area contributed by atoms with Gasteiger partial charge in [0.2, 0.25) is 0 Å². The summed E-state index contributed by atoms with van der Waals surface area (Å²) < 4.78 is 11.7. The number of carbonyl (C=O) groups excluding carboxylic acids is 1. The number of carbonyl (C=O) groups is 1. The Kier molecular flexibility index (Phi) is 5.41. The van der Waals surface area contributed by atoms with Crippen LogP contribution in [0.1, 0.15) is 47.2 Å². The second-order valence-corrected chi connectivity index (χ2v) is 7.66. The maximum Gasteiger partial charge on any atom is 0.289 e. The minimum absolute atomic E-state index is 0.0891. The zero-order valence-electron chi connectivity index (χ0n) is 15.7. The SMILES string of the molecule is CCc1oc(C(=O)N2CCOc3ccc(Cl)cc3C2)cc1CN1CCCC1. The third kappa shape index (κ3) is 3.99. The third-order valence-corrected chi connectivity index (χ3v) is 5.55. The molecule has 1 fully saturated rings. The van der Waals surface area contributed by atoms with Crippen molar-refractivity contribution in [3.63, 3.8) is 0 Å². The van der Waals surface area contributed by atoms with Crippen molar-refractivity contribution in [2.24, 2.45) is 0 Å². The largest absolute Gasteiger partial charge is 0.491 e. The molecule has 1 aromatic heterocycles. The van der Waals surface area contributed by atoms with Gasteiger partial charge in [-0.2, -0.15) is 0 Å². The molecule has 1 aromatic carbocycles. The molecule has 1 amide bonds. The van der Waals surface area contributed by atoms with Gasteiger partial charge in [-0.05, 0) is 50.2 Å². The number of hydrogen-bond donors (Lipinski definition) is 0. The molecule has 0 N–H and O–H groups in total. The third-order valence-electron chi connectivity index (χ3n) is 5.31. The Balaban J connectivity index is 1.54. The van der Waals surface area contributed by atoms with Gasteiger partial charge in [-0.15, -0.1) is 0 Å². The van der Waals surface area contributed by atoms with Gasteiger partial charge in [-0.25, -0.2) is 0 Å². The fourth-order valence-electron chi connectivity index (χ4n) is 3.88. The lowest BCUT2D eigenvalue weighted by molar-refractivity contribution is 0.0699. The summed E-state index contributed by atoms with van der Waals surface area (Å²) in [5.74, 6) is 2.04. The van der Waals surface area contributed by atoms with Gasteiger partial charge in [0, 0.05) is 35.7 Å². The van der Waals surface area contributed by atoms with Gasteiger partial charge >= 0.3 is 0 Å². The molecule has 27 heavy (non-hydrogen) atoms. The van der Waals surface area contributed by atoms with Gasteiger partial charge in [-0.1, -0.05) is 18.5 Å². The summed E-state index contributed by atoms with van der Waals surface area (Å²) in [6, 6.07) is 7.47. The lowest BCUT2D eigenvalue weighted by atomic mass is 10.1. The van der Waals surface area contributed by atoms with Gasteiger partial charge < -0.3 is 14.1 Å². The molecule has 2 aliphatic heterocycles. The Labute approximate surface area is 164 Å². The van der Waals surface area contributed by atoms with Crippen molar-refractivity contribution in [2.75, 3.05) is 26.2 Å². The summed E-state index contributed by atoms with van der Waals surface area (Å²) >= 11 is 6.12. The number of fused-ring (bicyclic) bond motifs is 1. The Morgan fingerprint density at radius 1 is 1.19 bits per heavy atom. The summed E-state index contributed by atoms with van der Waals surface area (Å²) in [5.41, 5.74) is 2.06. The van der Waals surface area contributed by atoms with Crippen molar-refractivity contribution >= 4 is 17.5 Å². The fraction of sp³-hybridized carbons (Fsp3) is 0.476. The van der Waals surface area contributed by atoms with E-state index in [9.17, 15) is 4.79 Å². The molecule has 0 spiro atoms. The van der Waals surface area contributed by atoms with Crippen molar-refractivity contribution in [1.29, 1.82) is 0 Å². The predicted octanol–water partition coefficient (Wildman–Crippen LogP) is 4.13. The van der Waals surface area contributed by atoms with Crippen molar-refractivity contribution in [2.45, 2.75) is 39.3 Å². The summed E-state index contributed by atoms with van der Waals surface area (Å²) in [5, 5.41) is 0.644. The number of hydrogen-bond acceptors (Lipinski definition) is 4. The summed E-state index contributed by atoms with van der Waals surface area (Å²) in [6.07, 6.45) is 3.29. The number of furan rings is 1. The number of ether oxygens (including phenoxy) is 1. The molecule has 2 aromatic rings. The molecule has 5 nitrogen and oxygen atoms in total. The average Bonchev–Trinajstić information content (AvgIpc) is 3.27. The summed E-state index contributed by atoms with van der Waals surface area (Å²) in [4.78, 5) is 17.3. The molecular weight excluding hydrogens is 364 g/mol. The van der Waals surface area contributed by atoms with Crippen LogP contribution in [0, 0.1) is 0 Å². The van der Waals surface area contributed by atoms with E-state index in [0.29, 0.717) is 30.5 Å². The lowest BCUT2D eigenvalue weighted by Gasteiger charge is -2.18. The first-order chi connectivity index (χ1) is 13.1. The molecular formula is C21H25ClN2O3. The number of likely N-dealkylation sites (tertiary alicyclic amines) is 1. The van der Waals surface area contributed by atoms with E-state index >= 15 is 0 Å². The van der Waals surface area contributed by atoms with Crippen LogP contribution < -0.4 is 4.74 Å². The maximum absolute atomic E-state index is 13.1. The Morgan fingerprint density at radius 3 is 2.78 bits per heavy atom. The number of nitrogens with zero attached hydrogens (tertiary/aromatic N) is 2. The van der Waals surface area contributed by atoms with E-state index in [1.165, 1.54) is 12.8 Å². The van der Waals surface area contributed by atoms with Crippen molar-refractivity contribution in [3.05, 3.63) is 51.9 Å². The smallest absolute Gasteiger partial charge is 0.289 e. The predicted molar refractivity (Wildman–Crippen MR) is 104 cm³/mol. The van der Waals surface area contributed by atoms with Gasteiger partial charge in [0.25, 0.3) is 5.91 Å². The number of amides is 1. The maximum atomic E-state index is 13.1. The van der Waals surface area contributed by atoms with Crippen LogP contribution in [0.15, 0.2) is 28.7 Å². The number of aryl methyl sites for hydroxylation is 1. The highest BCUT2D eigenvalue weighted by molar-refractivity contribution is 6.30. The number of rotatable bonds is 4. The van der Waals surface area contributed by atoms with E-state index < -0.39 is 0 Å². The molecule has 144 valence electrons. The standard InChI is InChI=1S/C21H25ClN2O3/c1-2-18-16(13-23-7-3-4-8-23)12-20(27-18)21(25)24-9-10-26-19-6-5-17(22)11-15(19)14-24/h5-6,11-12H,2-4,7-10,13-14H2,1H3. The number of halogens is 1. The van der Waals surface area contributed by atoms with E-state index in [1.807, 2.05) is 24.3 Å². The fourth-order valence-corrected chi connectivity index (χ4v) is 4.07. The minimum atomic E-state index is -0.0891. The monoisotopic (exact) mass is 388 g/mol. The number of benzene rings is 1. The van der Waals surface area contributed by atoms with Crippen LogP contribution in [0.2, 0.25) is 5.02 Å². The first kappa shape index (κ1) is 18.4. The molecule has 2 aliphatic rings. The molecule has 0 bridgehead atoms. The van der Waals surface area contributed by atoms with Crippen molar-refractivity contribution < 1.29 is 13.9 Å². The van der Waals surface area contributed by atoms with Gasteiger partial charge in [0.15, 0.2) is 5.76 Å². The molecule has 3 heterocycles. The van der Waals surface area contributed by atoms with E-state index in [4.69, 9.17) is 20.8 Å². The average molecular weight is 389 g/mol. The van der Waals surface area contributed by atoms with Crippen LogP contribution in [0.5, 0.6) is 5.75 Å². The Morgan fingerprint density at radius 2 is 2.00 bits per heavy atom. The van der Waals surface area contributed by atoms with Crippen molar-refractivity contribution in [3.8, 4) is 5.75 Å². The molecule has 0 unspecified atom stereocenters. The zero-order valence-corrected chi connectivity index (χ0v) is 16.4. The van der Waals surface area contributed by atoms with E-state index in [-0.39, 0.29) is 5.91 Å². The van der Waals surface area contributed by atoms with Crippen molar-refractivity contribution in [1.82, 2.24) is 9.80 Å². The second kappa shape index (κ2) is 7.95. The van der Waals surface area contributed by atoms with Crippen LogP contribution in [0.3, 0.4) is 0 Å². The highest BCUT2D eigenvalue weighted by Gasteiger charge is 2.25. The quantitative estimate of drug-likeness (QED) is 0.790. The van der Waals surface area contributed by atoms with Gasteiger partial charge in [0.1, 0.15) is 18.1 Å². The van der Waals surface area contributed by atoms with Crippen LogP contribution in [-0.2, 0) is 19.5 Å². The van der Waals surface area contributed by atoms with Gasteiger partial charge in [-0.3, -0.25) is 9.69 Å². The lowest BCUT2D eigenvalue weighted by Crippen LogP contribution is -2.32. The topological polar surface area (TPSA) is 45.9 Å². The van der Waals surface area contributed by atoms with Crippen LogP contribution in [-0.4, -0.2) is 41.9 Å². The van der Waals surface area contributed by atoms with Gasteiger partial charge in [0.05, 0.1) is 6.54 Å². The second-order valence-electron chi connectivity index (χ2n) is 7.22. The molecule has 4 rings (SSSR count). The molecule has 0 saturated carbocycles. The van der Waals surface area contributed by atoms with E-state index in [1.54, 1.807) is 4.90 Å². The highest BCUT2D eigenvalue weighted by Crippen LogP contribution is 2.28. The molecule has 0 atom stereocenters. The van der Waals surface area contributed by atoms with Crippen LogP contribution >= 0.6 is 11.6 Å². The Bertz CT molecular complexity index is 827. The molecule has 1 saturated heterocycles. The van der Waals surface area contributed by atoms with Crippen LogP contribution in [0.25, 0.3) is 0 Å². The minimum Gasteiger partial charge on any atom is -0.491 e. The van der Waals surface area contributed by atoms with Crippen LogP contribution in [0.4, 0.5) is 0 Å². The highest BCUT2D eigenvalue weighted by atomic mass is 35.5. The summed E-state index contributed by atoms with van der Waals surface area (Å²) in [7, 11) is 0.